The molecule has 13 heavy (non-hydrogen) atoms. The van der Waals surface area contributed by atoms with Gasteiger partial charge < -0.3 is 10.2 Å². The highest BCUT2D eigenvalue weighted by Gasteiger charge is 2.16. The van der Waals surface area contributed by atoms with Crippen LogP contribution in [0.2, 0.25) is 0 Å². The molecule has 0 spiro atoms. The molecule has 0 unspecified atom stereocenters. The van der Waals surface area contributed by atoms with Gasteiger partial charge in [-0.2, -0.15) is 12.6 Å². The lowest BCUT2D eigenvalue weighted by atomic mass is 9.97. The maximum atomic E-state index is 10.9. The van der Waals surface area contributed by atoms with Gasteiger partial charge in [-0.3, -0.25) is 4.79 Å². The molecule has 0 radical (unpaired) electrons. The van der Waals surface area contributed by atoms with Gasteiger partial charge in [0, 0.05) is 6.54 Å². The Bertz CT molecular complexity index is 167. The fraction of sp³-hybridized carbons (Fsp3) is 0.889. The van der Waals surface area contributed by atoms with E-state index in [1.54, 1.807) is 0 Å². The summed E-state index contributed by atoms with van der Waals surface area (Å²) in [6.45, 7) is 3.13. The van der Waals surface area contributed by atoms with Crippen LogP contribution in [0.3, 0.4) is 0 Å². The van der Waals surface area contributed by atoms with Crippen molar-refractivity contribution >= 4 is 18.5 Å². The Labute approximate surface area is 85.3 Å². The second-order valence-electron chi connectivity index (χ2n) is 3.71. The summed E-state index contributed by atoms with van der Waals surface area (Å²) in [5.74, 6) is 1.01. The van der Waals surface area contributed by atoms with Crippen LogP contribution in [0, 0.1) is 5.92 Å². The summed E-state index contributed by atoms with van der Waals surface area (Å²) in [6.07, 6.45) is 2.40. The smallest absolute Gasteiger partial charge is 0.229 e. The van der Waals surface area contributed by atoms with Crippen molar-refractivity contribution in [2.24, 2.45) is 5.92 Å². The van der Waals surface area contributed by atoms with Gasteiger partial charge in [0.2, 0.25) is 5.91 Å². The number of hydrogen-bond donors (Lipinski definition) is 2. The third-order valence-corrected chi connectivity index (χ3v) is 2.86. The van der Waals surface area contributed by atoms with Crippen molar-refractivity contribution in [3.8, 4) is 0 Å². The number of likely N-dealkylation sites (tertiary alicyclic amines) is 1. The molecule has 3 nitrogen and oxygen atoms in total. The number of nitrogens with one attached hydrogen (secondary N) is 1. The first-order valence-corrected chi connectivity index (χ1v) is 5.41. The average Bonchev–Trinajstić information content (AvgIpc) is 2.16. The first-order valence-electron chi connectivity index (χ1n) is 4.78. The Morgan fingerprint density at radius 1 is 1.54 bits per heavy atom. The Morgan fingerprint density at radius 3 is 2.69 bits per heavy atom. The first-order chi connectivity index (χ1) is 6.22. The number of thiol groups is 1. The molecule has 1 rings (SSSR count). The van der Waals surface area contributed by atoms with Gasteiger partial charge in [-0.1, -0.05) is 0 Å². The van der Waals surface area contributed by atoms with E-state index in [9.17, 15) is 4.79 Å². The molecule has 1 saturated heterocycles. The highest BCUT2D eigenvalue weighted by Crippen LogP contribution is 2.14. The molecule has 0 aromatic heterocycles. The van der Waals surface area contributed by atoms with Crippen LogP contribution in [0.25, 0.3) is 0 Å². The number of piperidine rings is 1. The molecule has 1 heterocycles. The minimum absolute atomic E-state index is 0.0438. The van der Waals surface area contributed by atoms with Gasteiger partial charge in [0.05, 0.1) is 5.75 Å². The van der Waals surface area contributed by atoms with E-state index in [-0.39, 0.29) is 5.91 Å². The summed E-state index contributed by atoms with van der Waals surface area (Å²) in [7, 11) is 2.14. The topological polar surface area (TPSA) is 32.3 Å². The Kier molecular flexibility index (Phi) is 4.59. The van der Waals surface area contributed by atoms with E-state index in [0.29, 0.717) is 11.7 Å². The van der Waals surface area contributed by atoms with Gasteiger partial charge >= 0.3 is 0 Å². The Balaban J connectivity index is 2.12. The van der Waals surface area contributed by atoms with Crippen molar-refractivity contribution in [2.75, 3.05) is 32.4 Å². The number of carbonyl (C=O) groups excluding carboxylic acids is 1. The quantitative estimate of drug-likeness (QED) is 0.648. The van der Waals surface area contributed by atoms with E-state index in [1.165, 1.54) is 12.8 Å². The predicted octanol–water partition coefficient (Wildman–Crippen LogP) is 0.374. The number of hydrogen-bond acceptors (Lipinski definition) is 3. The third-order valence-electron chi connectivity index (χ3n) is 2.57. The SMILES string of the molecule is CN1CCC(CNC(=O)CS)CC1. The van der Waals surface area contributed by atoms with E-state index < -0.39 is 0 Å². The average molecular weight is 202 g/mol. The van der Waals surface area contributed by atoms with Crippen LogP contribution >= 0.6 is 12.6 Å². The zero-order valence-corrected chi connectivity index (χ0v) is 9.02. The normalized spacial score (nSPS) is 20.2. The summed E-state index contributed by atoms with van der Waals surface area (Å²) in [5.41, 5.74) is 0. The predicted molar refractivity (Wildman–Crippen MR) is 57.1 cm³/mol. The molecule has 0 aromatic carbocycles. The van der Waals surface area contributed by atoms with E-state index in [2.05, 4.69) is 29.9 Å². The van der Waals surface area contributed by atoms with Crippen LogP contribution in [0.15, 0.2) is 0 Å². The summed E-state index contributed by atoms with van der Waals surface area (Å²) in [5, 5.41) is 2.88. The molecular formula is C9H18N2OS. The van der Waals surface area contributed by atoms with Crippen molar-refractivity contribution in [3.63, 3.8) is 0 Å². The van der Waals surface area contributed by atoms with Gasteiger partial charge in [-0.05, 0) is 38.9 Å². The zero-order valence-electron chi connectivity index (χ0n) is 8.12. The molecule has 76 valence electrons. The standard InChI is InChI=1S/C9H18N2OS/c1-11-4-2-8(3-5-11)6-10-9(12)7-13/h8,13H,2-7H2,1H3,(H,10,12). The molecule has 0 aromatic rings. The van der Waals surface area contributed by atoms with Gasteiger partial charge in [0.25, 0.3) is 0 Å². The zero-order chi connectivity index (χ0) is 9.68. The van der Waals surface area contributed by atoms with E-state index in [0.717, 1.165) is 19.6 Å². The molecule has 1 amide bonds. The van der Waals surface area contributed by atoms with E-state index in [4.69, 9.17) is 0 Å². The second-order valence-corrected chi connectivity index (χ2v) is 4.03. The maximum Gasteiger partial charge on any atom is 0.229 e. The third kappa shape index (κ3) is 4.00. The van der Waals surface area contributed by atoms with Gasteiger partial charge in [-0.15, -0.1) is 0 Å². The van der Waals surface area contributed by atoms with Crippen LogP contribution in [0.4, 0.5) is 0 Å². The lowest BCUT2D eigenvalue weighted by molar-refractivity contribution is -0.118. The number of nitrogens with zero attached hydrogens (tertiary/aromatic N) is 1. The van der Waals surface area contributed by atoms with Gasteiger partial charge in [0.1, 0.15) is 0 Å². The number of amides is 1. The van der Waals surface area contributed by atoms with Crippen molar-refractivity contribution in [2.45, 2.75) is 12.8 Å². The molecule has 1 aliphatic rings. The lowest BCUT2D eigenvalue weighted by Crippen LogP contribution is -2.37. The summed E-state index contributed by atoms with van der Waals surface area (Å²) < 4.78 is 0. The highest BCUT2D eigenvalue weighted by atomic mass is 32.1. The van der Waals surface area contributed by atoms with Crippen LogP contribution < -0.4 is 5.32 Å². The summed E-state index contributed by atoms with van der Waals surface area (Å²) >= 11 is 3.91. The monoisotopic (exact) mass is 202 g/mol. The second kappa shape index (κ2) is 5.50. The maximum absolute atomic E-state index is 10.9. The molecule has 0 saturated carbocycles. The van der Waals surface area contributed by atoms with Crippen molar-refractivity contribution < 1.29 is 4.79 Å². The van der Waals surface area contributed by atoms with Gasteiger partial charge in [-0.25, -0.2) is 0 Å². The summed E-state index contributed by atoms with van der Waals surface area (Å²) in [4.78, 5) is 13.3. The van der Waals surface area contributed by atoms with Crippen LogP contribution in [-0.2, 0) is 4.79 Å². The minimum Gasteiger partial charge on any atom is -0.355 e. The Morgan fingerprint density at radius 2 is 2.15 bits per heavy atom. The van der Waals surface area contributed by atoms with Crippen LogP contribution in [0.5, 0.6) is 0 Å². The van der Waals surface area contributed by atoms with Gasteiger partial charge in [0.15, 0.2) is 0 Å². The first kappa shape index (κ1) is 10.9. The molecule has 1 fully saturated rings. The highest BCUT2D eigenvalue weighted by molar-refractivity contribution is 7.81. The largest absolute Gasteiger partial charge is 0.355 e. The lowest BCUT2D eigenvalue weighted by Gasteiger charge is -2.28. The molecule has 0 bridgehead atoms. The van der Waals surface area contributed by atoms with Crippen molar-refractivity contribution in [1.29, 1.82) is 0 Å². The van der Waals surface area contributed by atoms with Crippen molar-refractivity contribution in [1.82, 2.24) is 10.2 Å². The van der Waals surface area contributed by atoms with Crippen LogP contribution in [-0.4, -0.2) is 43.2 Å². The summed E-state index contributed by atoms with van der Waals surface area (Å²) in [6, 6.07) is 0. The molecular weight excluding hydrogens is 184 g/mol. The molecule has 0 aliphatic carbocycles. The molecule has 4 heteroatoms. The number of carbonyl (C=O) groups is 1. The molecule has 1 aliphatic heterocycles. The number of rotatable bonds is 3. The van der Waals surface area contributed by atoms with E-state index in [1.807, 2.05) is 0 Å². The minimum atomic E-state index is 0.0438. The Hall–Kier alpha value is -0.220. The fourth-order valence-corrected chi connectivity index (χ4v) is 1.69. The molecule has 0 atom stereocenters. The van der Waals surface area contributed by atoms with Crippen molar-refractivity contribution in [3.05, 3.63) is 0 Å². The molecule has 1 N–H and O–H groups in total. The van der Waals surface area contributed by atoms with Crippen LogP contribution in [0.1, 0.15) is 12.8 Å². The van der Waals surface area contributed by atoms with E-state index >= 15 is 0 Å². The fourth-order valence-electron chi connectivity index (χ4n) is 1.58.